The molecule has 2 rings (SSSR count). The summed E-state index contributed by atoms with van der Waals surface area (Å²) < 4.78 is 5.37. The van der Waals surface area contributed by atoms with Crippen LogP contribution in [-0.2, 0) is 9.53 Å². The van der Waals surface area contributed by atoms with Crippen molar-refractivity contribution in [3.05, 3.63) is 0 Å². The van der Waals surface area contributed by atoms with Crippen molar-refractivity contribution >= 4 is 17.7 Å². The summed E-state index contributed by atoms with van der Waals surface area (Å²) in [6, 6.07) is 0. The molecule has 2 heterocycles. The van der Waals surface area contributed by atoms with Crippen molar-refractivity contribution in [2.24, 2.45) is 11.1 Å². The third kappa shape index (κ3) is 2.83. The van der Waals surface area contributed by atoms with Crippen molar-refractivity contribution in [1.82, 2.24) is 4.90 Å². The van der Waals surface area contributed by atoms with Gasteiger partial charge in [0, 0.05) is 38.1 Å². The number of likely N-dealkylation sites (tertiary alicyclic amines) is 1. The van der Waals surface area contributed by atoms with Crippen molar-refractivity contribution in [2.45, 2.75) is 30.9 Å². The lowest BCUT2D eigenvalue weighted by Gasteiger charge is -2.41. The van der Waals surface area contributed by atoms with Crippen LogP contribution in [0.2, 0.25) is 0 Å². The zero-order chi connectivity index (χ0) is 13.0. The molecule has 2 aliphatic heterocycles. The van der Waals surface area contributed by atoms with Gasteiger partial charge in [0.15, 0.2) is 0 Å². The first kappa shape index (κ1) is 14.2. The van der Waals surface area contributed by atoms with E-state index in [2.05, 4.69) is 6.26 Å². The summed E-state index contributed by atoms with van der Waals surface area (Å²) in [6.45, 7) is 3.59. The van der Waals surface area contributed by atoms with Gasteiger partial charge in [0.25, 0.3) is 0 Å². The summed E-state index contributed by atoms with van der Waals surface area (Å²) in [5.41, 5.74) is 5.55. The van der Waals surface area contributed by atoms with E-state index in [4.69, 9.17) is 10.5 Å². The molecule has 0 aromatic rings. The Morgan fingerprint density at radius 2 is 2.00 bits per heavy atom. The largest absolute Gasteiger partial charge is 0.381 e. The first-order valence-corrected chi connectivity index (χ1v) is 8.10. The molecule has 0 aromatic heterocycles. The minimum atomic E-state index is -0.343. The SMILES string of the molecule is CSC1CCN(C(=O)C2(CN)CCOCC2)CC1. The molecule has 5 heteroatoms. The Hall–Kier alpha value is -0.260. The Morgan fingerprint density at radius 1 is 1.39 bits per heavy atom. The van der Waals surface area contributed by atoms with Crippen LogP contribution in [0.3, 0.4) is 0 Å². The van der Waals surface area contributed by atoms with Gasteiger partial charge in [0.1, 0.15) is 0 Å². The van der Waals surface area contributed by atoms with Gasteiger partial charge in [-0.05, 0) is 31.9 Å². The molecule has 0 bridgehead atoms. The fourth-order valence-electron chi connectivity index (χ4n) is 2.90. The molecule has 18 heavy (non-hydrogen) atoms. The van der Waals surface area contributed by atoms with Crippen LogP contribution in [0, 0.1) is 5.41 Å². The Morgan fingerprint density at radius 3 is 2.50 bits per heavy atom. The Balaban J connectivity index is 1.97. The standard InChI is InChI=1S/C13H24N2O2S/c1-18-11-2-6-15(7-3-11)12(16)13(10-14)4-8-17-9-5-13/h11H,2-10,14H2,1H3. The zero-order valence-electron chi connectivity index (χ0n) is 11.2. The highest BCUT2D eigenvalue weighted by Crippen LogP contribution is 2.33. The van der Waals surface area contributed by atoms with Crippen molar-refractivity contribution in [2.75, 3.05) is 39.1 Å². The van der Waals surface area contributed by atoms with Gasteiger partial charge in [-0.1, -0.05) is 0 Å². The van der Waals surface area contributed by atoms with Gasteiger partial charge >= 0.3 is 0 Å². The summed E-state index contributed by atoms with van der Waals surface area (Å²) in [4.78, 5) is 14.7. The quantitative estimate of drug-likeness (QED) is 0.836. The van der Waals surface area contributed by atoms with Gasteiger partial charge in [0.05, 0.1) is 5.41 Å². The molecule has 2 N–H and O–H groups in total. The number of nitrogens with two attached hydrogens (primary N) is 1. The van der Waals surface area contributed by atoms with E-state index >= 15 is 0 Å². The van der Waals surface area contributed by atoms with Crippen LogP contribution in [-0.4, -0.2) is 55.2 Å². The monoisotopic (exact) mass is 272 g/mol. The van der Waals surface area contributed by atoms with Gasteiger partial charge in [-0.2, -0.15) is 11.8 Å². The minimum absolute atomic E-state index is 0.271. The molecule has 2 aliphatic rings. The van der Waals surface area contributed by atoms with Gasteiger partial charge in [0.2, 0.25) is 5.91 Å². The first-order valence-electron chi connectivity index (χ1n) is 6.82. The summed E-state index contributed by atoms with van der Waals surface area (Å²) >= 11 is 1.92. The van der Waals surface area contributed by atoms with Crippen LogP contribution in [0.1, 0.15) is 25.7 Å². The van der Waals surface area contributed by atoms with Crippen molar-refractivity contribution in [3.63, 3.8) is 0 Å². The molecule has 0 radical (unpaired) electrons. The second kappa shape index (κ2) is 6.26. The summed E-state index contributed by atoms with van der Waals surface area (Å²) in [7, 11) is 0. The second-order valence-corrected chi connectivity index (χ2v) is 6.46. The molecular weight excluding hydrogens is 248 g/mol. The number of nitrogens with zero attached hydrogens (tertiary/aromatic N) is 1. The smallest absolute Gasteiger partial charge is 0.230 e. The Bertz CT molecular complexity index is 285. The van der Waals surface area contributed by atoms with Gasteiger partial charge in [-0.25, -0.2) is 0 Å². The van der Waals surface area contributed by atoms with Crippen LogP contribution in [0.25, 0.3) is 0 Å². The van der Waals surface area contributed by atoms with E-state index in [-0.39, 0.29) is 11.3 Å². The minimum Gasteiger partial charge on any atom is -0.381 e. The molecule has 1 amide bonds. The first-order chi connectivity index (χ1) is 8.72. The molecule has 2 saturated heterocycles. The number of rotatable bonds is 3. The highest BCUT2D eigenvalue weighted by molar-refractivity contribution is 7.99. The van der Waals surface area contributed by atoms with Crippen LogP contribution in [0.4, 0.5) is 0 Å². The number of thioether (sulfide) groups is 1. The zero-order valence-corrected chi connectivity index (χ0v) is 12.0. The molecule has 2 fully saturated rings. The fourth-order valence-corrected chi connectivity index (χ4v) is 3.58. The van der Waals surface area contributed by atoms with E-state index in [0.717, 1.165) is 44.0 Å². The van der Waals surface area contributed by atoms with Crippen LogP contribution < -0.4 is 5.73 Å². The number of carbonyl (C=O) groups is 1. The maximum atomic E-state index is 12.7. The van der Waals surface area contributed by atoms with E-state index in [0.29, 0.717) is 19.8 Å². The van der Waals surface area contributed by atoms with Crippen LogP contribution in [0.15, 0.2) is 0 Å². The molecule has 0 spiro atoms. The van der Waals surface area contributed by atoms with E-state index in [1.165, 1.54) is 0 Å². The highest BCUT2D eigenvalue weighted by atomic mass is 32.2. The molecule has 0 aliphatic carbocycles. The number of ether oxygens (including phenoxy) is 1. The molecule has 0 aromatic carbocycles. The Labute approximate surface area is 114 Å². The van der Waals surface area contributed by atoms with E-state index in [1.807, 2.05) is 16.7 Å². The third-order valence-corrected chi connectivity index (χ3v) is 5.49. The predicted octanol–water partition coefficient (Wildman–Crippen LogP) is 1.10. The number of hydrogen-bond acceptors (Lipinski definition) is 4. The average Bonchev–Trinajstić information content (AvgIpc) is 2.47. The van der Waals surface area contributed by atoms with Gasteiger partial charge in [-0.3, -0.25) is 4.79 Å². The lowest BCUT2D eigenvalue weighted by molar-refractivity contribution is -0.148. The predicted molar refractivity (Wildman–Crippen MR) is 74.7 cm³/mol. The van der Waals surface area contributed by atoms with E-state index in [1.54, 1.807) is 0 Å². The average molecular weight is 272 g/mol. The normalized spacial score (nSPS) is 25.1. The van der Waals surface area contributed by atoms with Crippen molar-refractivity contribution in [3.8, 4) is 0 Å². The number of carbonyl (C=O) groups excluding carboxylic acids is 1. The van der Waals surface area contributed by atoms with Gasteiger partial charge in [-0.15, -0.1) is 0 Å². The molecule has 0 atom stereocenters. The van der Waals surface area contributed by atoms with E-state index in [9.17, 15) is 4.79 Å². The maximum absolute atomic E-state index is 12.7. The molecular formula is C13H24N2O2S. The van der Waals surface area contributed by atoms with E-state index < -0.39 is 0 Å². The van der Waals surface area contributed by atoms with Crippen LogP contribution >= 0.6 is 11.8 Å². The number of amides is 1. The molecule has 104 valence electrons. The summed E-state index contributed by atoms with van der Waals surface area (Å²) in [5.74, 6) is 0.271. The van der Waals surface area contributed by atoms with Crippen molar-refractivity contribution in [1.29, 1.82) is 0 Å². The fraction of sp³-hybridized carbons (Fsp3) is 0.923. The lowest BCUT2D eigenvalue weighted by Crippen LogP contribution is -2.52. The topological polar surface area (TPSA) is 55.6 Å². The highest BCUT2D eigenvalue weighted by Gasteiger charge is 2.42. The third-order valence-electron chi connectivity index (χ3n) is 4.36. The molecule has 4 nitrogen and oxygen atoms in total. The van der Waals surface area contributed by atoms with Gasteiger partial charge < -0.3 is 15.4 Å². The number of piperidine rings is 1. The van der Waals surface area contributed by atoms with Crippen molar-refractivity contribution < 1.29 is 9.53 Å². The summed E-state index contributed by atoms with van der Waals surface area (Å²) in [5, 5.41) is 0.720. The maximum Gasteiger partial charge on any atom is 0.230 e. The number of hydrogen-bond donors (Lipinski definition) is 1. The Kier molecular flexibility index (Phi) is 4.92. The van der Waals surface area contributed by atoms with Crippen LogP contribution in [0.5, 0.6) is 0 Å². The molecule has 0 saturated carbocycles. The second-order valence-electron chi connectivity index (χ2n) is 5.32. The molecule has 0 unspecified atom stereocenters. The lowest BCUT2D eigenvalue weighted by atomic mass is 9.78. The summed E-state index contributed by atoms with van der Waals surface area (Å²) in [6.07, 6.45) is 5.95.